The number of rotatable bonds is 3. The summed E-state index contributed by atoms with van der Waals surface area (Å²) < 4.78 is 43.9. The quantitative estimate of drug-likeness (QED) is 0.921. The fraction of sp³-hybridized carbons (Fsp3) is 0.538. The summed E-state index contributed by atoms with van der Waals surface area (Å²) >= 11 is 5.91. The molecule has 0 amide bonds. The van der Waals surface area contributed by atoms with Crippen LogP contribution in [-0.4, -0.2) is 13.2 Å². The van der Waals surface area contributed by atoms with E-state index in [1.165, 1.54) is 13.2 Å². The Labute approximate surface area is 114 Å². The third-order valence-corrected chi connectivity index (χ3v) is 4.07. The average molecular weight is 294 g/mol. The SMILES string of the molecule is COc1c(Cl)cc(C2(C(C)N)CC2)cc1C(F)(F)F. The van der Waals surface area contributed by atoms with Crippen LogP contribution in [-0.2, 0) is 11.6 Å². The predicted octanol–water partition coefficient (Wildman–Crippen LogP) is 3.75. The second kappa shape index (κ2) is 4.56. The Hall–Kier alpha value is -0.940. The molecule has 0 bridgehead atoms. The Morgan fingerprint density at radius 3 is 2.32 bits per heavy atom. The molecule has 1 aliphatic rings. The number of ether oxygens (including phenoxy) is 1. The van der Waals surface area contributed by atoms with Crippen LogP contribution in [0.15, 0.2) is 12.1 Å². The zero-order valence-corrected chi connectivity index (χ0v) is 11.4. The maximum Gasteiger partial charge on any atom is 0.420 e. The van der Waals surface area contributed by atoms with Crippen LogP contribution in [0, 0.1) is 0 Å². The summed E-state index contributed by atoms with van der Waals surface area (Å²) in [5.74, 6) is -0.335. The lowest BCUT2D eigenvalue weighted by Gasteiger charge is -2.23. The van der Waals surface area contributed by atoms with Gasteiger partial charge in [-0.25, -0.2) is 0 Å². The van der Waals surface area contributed by atoms with Crippen molar-refractivity contribution in [1.82, 2.24) is 0 Å². The second-order valence-electron chi connectivity index (χ2n) is 4.98. The summed E-state index contributed by atoms with van der Waals surface area (Å²) in [7, 11) is 1.18. The van der Waals surface area contributed by atoms with Gasteiger partial charge < -0.3 is 10.5 Å². The molecule has 1 aliphatic carbocycles. The molecule has 0 radical (unpaired) electrons. The zero-order valence-electron chi connectivity index (χ0n) is 10.6. The van der Waals surface area contributed by atoms with Crippen LogP contribution >= 0.6 is 11.6 Å². The van der Waals surface area contributed by atoms with E-state index in [4.69, 9.17) is 22.1 Å². The monoisotopic (exact) mass is 293 g/mol. The Kier molecular flexibility index (Phi) is 3.47. The number of benzene rings is 1. The van der Waals surface area contributed by atoms with Crippen molar-refractivity contribution in [1.29, 1.82) is 0 Å². The van der Waals surface area contributed by atoms with Crippen LogP contribution in [0.5, 0.6) is 5.75 Å². The molecule has 1 unspecified atom stereocenters. The molecule has 2 nitrogen and oxygen atoms in total. The van der Waals surface area contributed by atoms with E-state index in [1.807, 2.05) is 0 Å². The topological polar surface area (TPSA) is 35.2 Å². The van der Waals surface area contributed by atoms with Crippen molar-refractivity contribution in [3.8, 4) is 5.75 Å². The van der Waals surface area contributed by atoms with Crippen LogP contribution in [0.4, 0.5) is 13.2 Å². The van der Waals surface area contributed by atoms with Crippen LogP contribution in [0.25, 0.3) is 0 Å². The van der Waals surface area contributed by atoms with E-state index in [0.717, 1.165) is 18.9 Å². The molecule has 19 heavy (non-hydrogen) atoms. The maximum atomic E-state index is 13.0. The molecule has 0 heterocycles. The fourth-order valence-corrected chi connectivity index (χ4v) is 2.74. The van der Waals surface area contributed by atoms with Gasteiger partial charge >= 0.3 is 6.18 Å². The maximum absolute atomic E-state index is 13.0. The molecule has 1 saturated carbocycles. The molecule has 0 aliphatic heterocycles. The number of halogens is 4. The molecule has 0 aromatic heterocycles. The first-order valence-corrected chi connectivity index (χ1v) is 6.31. The lowest BCUT2D eigenvalue weighted by molar-refractivity contribution is -0.138. The Morgan fingerprint density at radius 2 is 1.95 bits per heavy atom. The van der Waals surface area contributed by atoms with E-state index in [2.05, 4.69) is 0 Å². The first kappa shape index (κ1) is 14.5. The summed E-state index contributed by atoms with van der Waals surface area (Å²) in [6.07, 6.45) is -2.94. The number of hydrogen-bond acceptors (Lipinski definition) is 2. The normalized spacial score (nSPS) is 19.1. The van der Waals surface area contributed by atoms with Crippen molar-refractivity contribution >= 4 is 11.6 Å². The highest BCUT2D eigenvalue weighted by Gasteiger charge is 2.49. The minimum Gasteiger partial charge on any atom is -0.495 e. The van der Waals surface area contributed by atoms with Gasteiger partial charge in [-0.1, -0.05) is 11.6 Å². The van der Waals surface area contributed by atoms with Gasteiger partial charge in [-0.3, -0.25) is 0 Å². The zero-order chi connectivity index (χ0) is 14.4. The highest BCUT2D eigenvalue weighted by atomic mass is 35.5. The lowest BCUT2D eigenvalue weighted by Crippen LogP contribution is -2.31. The van der Waals surface area contributed by atoms with Crippen molar-refractivity contribution in [2.24, 2.45) is 5.73 Å². The molecule has 1 fully saturated rings. The lowest BCUT2D eigenvalue weighted by atomic mass is 9.88. The third kappa shape index (κ3) is 2.41. The fourth-order valence-electron chi connectivity index (χ4n) is 2.44. The van der Waals surface area contributed by atoms with E-state index >= 15 is 0 Å². The van der Waals surface area contributed by atoms with Gasteiger partial charge in [0.15, 0.2) is 0 Å². The van der Waals surface area contributed by atoms with E-state index in [9.17, 15) is 13.2 Å². The van der Waals surface area contributed by atoms with Crippen molar-refractivity contribution in [3.05, 3.63) is 28.3 Å². The summed E-state index contributed by atoms with van der Waals surface area (Å²) in [6, 6.07) is 2.44. The standard InChI is InChI=1S/C13H15ClF3NO/c1-7(18)12(3-4-12)8-5-9(13(15,16)17)11(19-2)10(14)6-8/h5-7H,3-4,18H2,1-2H3. The van der Waals surface area contributed by atoms with Gasteiger partial charge in [-0.05, 0) is 37.5 Å². The first-order chi connectivity index (χ1) is 8.72. The van der Waals surface area contributed by atoms with E-state index in [0.29, 0.717) is 5.56 Å². The number of alkyl halides is 3. The molecule has 1 aromatic rings. The molecule has 0 saturated heterocycles. The van der Waals surface area contributed by atoms with Crippen molar-refractivity contribution in [2.45, 2.75) is 37.4 Å². The van der Waals surface area contributed by atoms with Crippen LogP contribution in [0.1, 0.15) is 30.9 Å². The van der Waals surface area contributed by atoms with Crippen molar-refractivity contribution < 1.29 is 17.9 Å². The molecule has 106 valence electrons. The first-order valence-electron chi connectivity index (χ1n) is 5.93. The molecule has 2 rings (SSSR count). The summed E-state index contributed by atoms with van der Waals surface area (Å²) in [4.78, 5) is 0. The summed E-state index contributed by atoms with van der Waals surface area (Å²) in [6.45, 7) is 1.80. The van der Waals surface area contributed by atoms with Crippen molar-refractivity contribution in [3.63, 3.8) is 0 Å². The van der Waals surface area contributed by atoms with Gasteiger partial charge in [0.05, 0.1) is 17.7 Å². The van der Waals surface area contributed by atoms with Gasteiger partial charge in [0, 0.05) is 11.5 Å². The van der Waals surface area contributed by atoms with Crippen LogP contribution in [0.2, 0.25) is 5.02 Å². The molecule has 6 heteroatoms. The molecule has 1 atom stereocenters. The van der Waals surface area contributed by atoms with E-state index in [1.54, 1.807) is 6.92 Å². The Morgan fingerprint density at radius 1 is 1.37 bits per heavy atom. The predicted molar refractivity (Wildman–Crippen MR) is 67.6 cm³/mol. The Bertz CT molecular complexity index is 495. The average Bonchev–Trinajstić information content (AvgIpc) is 3.07. The second-order valence-corrected chi connectivity index (χ2v) is 5.39. The van der Waals surface area contributed by atoms with Gasteiger partial charge in [-0.2, -0.15) is 13.2 Å². The van der Waals surface area contributed by atoms with Gasteiger partial charge in [0.1, 0.15) is 5.75 Å². The molecule has 0 spiro atoms. The van der Waals surface area contributed by atoms with Crippen LogP contribution < -0.4 is 10.5 Å². The minimum absolute atomic E-state index is 0.0285. The number of hydrogen-bond donors (Lipinski definition) is 1. The number of nitrogens with two attached hydrogens (primary N) is 1. The highest BCUT2D eigenvalue weighted by molar-refractivity contribution is 6.32. The summed E-state index contributed by atoms with van der Waals surface area (Å²) in [5, 5.41) is -0.0285. The highest BCUT2D eigenvalue weighted by Crippen LogP contribution is 2.53. The van der Waals surface area contributed by atoms with Gasteiger partial charge in [0.2, 0.25) is 0 Å². The van der Waals surface area contributed by atoms with E-state index in [-0.39, 0.29) is 22.2 Å². The van der Waals surface area contributed by atoms with Crippen molar-refractivity contribution in [2.75, 3.05) is 7.11 Å². The molecule has 2 N–H and O–H groups in total. The molecular formula is C13H15ClF3NO. The Balaban J connectivity index is 2.58. The van der Waals surface area contributed by atoms with Gasteiger partial charge in [0.25, 0.3) is 0 Å². The largest absolute Gasteiger partial charge is 0.495 e. The molecular weight excluding hydrogens is 279 g/mol. The smallest absolute Gasteiger partial charge is 0.420 e. The number of methoxy groups -OCH3 is 1. The van der Waals surface area contributed by atoms with Crippen LogP contribution in [0.3, 0.4) is 0 Å². The van der Waals surface area contributed by atoms with E-state index < -0.39 is 11.7 Å². The molecule has 1 aromatic carbocycles. The third-order valence-electron chi connectivity index (χ3n) is 3.79. The minimum atomic E-state index is -4.50. The van der Waals surface area contributed by atoms with Gasteiger partial charge in [-0.15, -0.1) is 0 Å². The summed E-state index contributed by atoms with van der Waals surface area (Å²) in [5.41, 5.74) is 5.21.